The summed E-state index contributed by atoms with van der Waals surface area (Å²) in [6.07, 6.45) is 2.35. The number of benzene rings is 1. The molecule has 0 spiro atoms. The number of aromatic nitrogens is 1. The second-order valence-electron chi connectivity index (χ2n) is 7.80. The molecule has 0 radical (unpaired) electrons. The summed E-state index contributed by atoms with van der Waals surface area (Å²) in [5, 5.41) is 2.90. The summed E-state index contributed by atoms with van der Waals surface area (Å²) < 4.78 is 40.3. The van der Waals surface area contributed by atoms with E-state index in [0.29, 0.717) is 62.2 Å². The van der Waals surface area contributed by atoms with Crippen molar-refractivity contribution in [2.24, 2.45) is 7.05 Å². The zero-order valence-electron chi connectivity index (χ0n) is 19.3. The van der Waals surface area contributed by atoms with E-state index in [-0.39, 0.29) is 10.8 Å². The average Bonchev–Trinajstić information content (AvgIpc) is 3.40. The number of hydrogen-bond donors (Lipinski definition) is 1. The number of rotatable bonds is 10. The van der Waals surface area contributed by atoms with E-state index in [2.05, 4.69) is 5.32 Å². The summed E-state index contributed by atoms with van der Waals surface area (Å²) >= 11 is 0. The van der Waals surface area contributed by atoms with Crippen molar-refractivity contribution in [1.82, 2.24) is 14.2 Å². The monoisotopic (exact) mass is 463 g/mol. The van der Waals surface area contributed by atoms with E-state index in [1.807, 2.05) is 32.0 Å². The van der Waals surface area contributed by atoms with Crippen LogP contribution < -0.4 is 14.8 Å². The third-order valence-corrected chi connectivity index (χ3v) is 7.73. The highest BCUT2D eigenvalue weighted by Gasteiger charge is 2.31. The van der Waals surface area contributed by atoms with Crippen molar-refractivity contribution in [2.75, 3.05) is 32.8 Å². The van der Waals surface area contributed by atoms with Gasteiger partial charge in [0.1, 0.15) is 10.6 Å². The molecule has 1 aromatic carbocycles. The Morgan fingerprint density at radius 3 is 2.38 bits per heavy atom. The summed E-state index contributed by atoms with van der Waals surface area (Å²) in [7, 11) is -1.86. The van der Waals surface area contributed by atoms with Gasteiger partial charge in [-0.2, -0.15) is 4.31 Å². The van der Waals surface area contributed by atoms with Gasteiger partial charge < -0.3 is 19.4 Å². The number of sulfonamides is 1. The SMILES string of the molecule is CCOc1ccc(CCNC(=O)c2cc(S(=O)(=O)N3CCCC3)c(C)n2C)cc1OCC. The van der Waals surface area contributed by atoms with Crippen molar-refractivity contribution in [3.05, 3.63) is 41.2 Å². The molecule has 0 atom stereocenters. The zero-order valence-corrected chi connectivity index (χ0v) is 20.1. The largest absolute Gasteiger partial charge is 0.490 e. The van der Waals surface area contributed by atoms with Crippen LogP contribution in [0.5, 0.6) is 11.5 Å². The number of carbonyl (C=O) groups is 1. The van der Waals surface area contributed by atoms with Crippen LogP contribution in [0.2, 0.25) is 0 Å². The summed E-state index contributed by atoms with van der Waals surface area (Å²) in [6, 6.07) is 7.24. The predicted octanol–water partition coefficient (Wildman–Crippen LogP) is 2.89. The van der Waals surface area contributed by atoms with Crippen molar-refractivity contribution in [1.29, 1.82) is 0 Å². The molecule has 1 fully saturated rings. The number of ether oxygens (including phenoxy) is 2. The average molecular weight is 464 g/mol. The fraction of sp³-hybridized carbons (Fsp3) is 0.522. The molecular weight excluding hydrogens is 430 g/mol. The Morgan fingerprint density at radius 1 is 1.06 bits per heavy atom. The lowest BCUT2D eigenvalue weighted by Gasteiger charge is -2.15. The van der Waals surface area contributed by atoms with Crippen LogP contribution in [0, 0.1) is 6.92 Å². The zero-order chi connectivity index (χ0) is 23.3. The van der Waals surface area contributed by atoms with Gasteiger partial charge in [0.25, 0.3) is 5.91 Å². The fourth-order valence-electron chi connectivity index (χ4n) is 3.88. The predicted molar refractivity (Wildman–Crippen MR) is 123 cm³/mol. The standard InChI is InChI=1S/C23H33N3O5S/c1-5-30-20-10-9-18(15-21(20)31-6-2)11-12-24-23(27)19-16-22(17(3)25(19)4)32(28,29)26-13-7-8-14-26/h9-10,15-16H,5-8,11-14H2,1-4H3,(H,24,27). The molecule has 2 heterocycles. The highest BCUT2D eigenvalue weighted by atomic mass is 32.2. The number of nitrogens with one attached hydrogen (secondary N) is 1. The number of hydrogen-bond acceptors (Lipinski definition) is 5. The fourth-order valence-corrected chi connectivity index (χ4v) is 5.67. The van der Waals surface area contributed by atoms with Gasteiger partial charge in [0.2, 0.25) is 10.0 Å². The van der Waals surface area contributed by atoms with Gasteiger partial charge in [-0.05, 0) is 63.8 Å². The first-order chi connectivity index (χ1) is 15.3. The van der Waals surface area contributed by atoms with Crippen LogP contribution in [-0.4, -0.2) is 56.0 Å². The normalized spacial score (nSPS) is 14.5. The Kier molecular flexibility index (Phi) is 7.84. The minimum absolute atomic E-state index is 0.208. The van der Waals surface area contributed by atoms with Crippen LogP contribution in [0.1, 0.15) is 48.4 Å². The van der Waals surface area contributed by atoms with E-state index in [1.165, 1.54) is 10.4 Å². The lowest BCUT2D eigenvalue weighted by Crippen LogP contribution is -2.28. The first kappa shape index (κ1) is 24.1. The van der Waals surface area contributed by atoms with Crippen molar-refractivity contribution in [3.8, 4) is 11.5 Å². The molecule has 1 saturated heterocycles. The number of nitrogens with zero attached hydrogens (tertiary/aromatic N) is 2. The molecule has 0 unspecified atom stereocenters. The van der Waals surface area contributed by atoms with Crippen molar-refractivity contribution < 1.29 is 22.7 Å². The molecule has 176 valence electrons. The maximum absolute atomic E-state index is 13.0. The van der Waals surface area contributed by atoms with E-state index in [0.717, 1.165) is 18.4 Å². The van der Waals surface area contributed by atoms with Gasteiger partial charge in [-0.25, -0.2) is 8.42 Å². The van der Waals surface area contributed by atoms with E-state index >= 15 is 0 Å². The Morgan fingerprint density at radius 2 is 1.72 bits per heavy atom. The Hall–Kier alpha value is -2.52. The van der Waals surface area contributed by atoms with Gasteiger partial charge in [0.05, 0.1) is 13.2 Å². The number of carbonyl (C=O) groups excluding carboxylic acids is 1. The van der Waals surface area contributed by atoms with Gasteiger partial charge in [0.15, 0.2) is 11.5 Å². The van der Waals surface area contributed by atoms with Crippen LogP contribution in [0.25, 0.3) is 0 Å². The van der Waals surface area contributed by atoms with Crippen molar-refractivity contribution >= 4 is 15.9 Å². The molecule has 1 amide bonds. The minimum atomic E-state index is -3.58. The van der Waals surface area contributed by atoms with E-state index < -0.39 is 10.0 Å². The third-order valence-electron chi connectivity index (χ3n) is 5.71. The first-order valence-corrected chi connectivity index (χ1v) is 12.6. The molecule has 1 N–H and O–H groups in total. The Bertz CT molecular complexity index is 1060. The van der Waals surface area contributed by atoms with Crippen molar-refractivity contribution in [2.45, 2.75) is 44.9 Å². The summed E-state index contributed by atoms with van der Waals surface area (Å²) in [5.74, 6) is 1.09. The van der Waals surface area contributed by atoms with Crippen molar-refractivity contribution in [3.63, 3.8) is 0 Å². The van der Waals surface area contributed by atoms with Gasteiger partial charge >= 0.3 is 0 Å². The van der Waals surface area contributed by atoms with Crippen LogP contribution in [-0.2, 0) is 23.5 Å². The highest BCUT2D eigenvalue weighted by Crippen LogP contribution is 2.29. The van der Waals surface area contributed by atoms with Gasteiger partial charge in [0, 0.05) is 32.4 Å². The van der Waals surface area contributed by atoms with E-state index in [1.54, 1.807) is 18.5 Å². The van der Waals surface area contributed by atoms with Gasteiger partial charge in [-0.15, -0.1) is 0 Å². The molecule has 32 heavy (non-hydrogen) atoms. The molecular formula is C23H33N3O5S. The van der Waals surface area contributed by atoms with Crippen LogP contribution in [0.15, 0.2) is 29.2 Å². The topological polar surface area (TPSA) is 89.9 Å². The third kappa shape index (κ3) is 5.10. The summed E-state index contributed by atoms with van der Waals surface area (Å²) in [4.78, 5) is 13.0. The van der Waals surface area contributed by atoms with E-state index in [9.17, 15) is 13.2 Å². The van der Waals surface area contributed by atoms with Gasteiger partial charge in [-0.3, -0.25) is 4.79 Å². The molecule has 0 aliphatic carbocycles. The molecule has 0 saturated carbocycles. The summed E-state index contributed by atoms with van der Waals surface area (Å²) in [5.41, 5.74) is 1.91. The lowest BCUT2D eigenvalue weighted by molar-refractivity contribution is 0.0945. The molecule has 1 aromatic heterocycles. The number of amides is 1. The Balaban J connectivity index is 1.67. The molecule has 3 rings (SSSR count). The maximum atomic E-state index is 13.0. The highest BCUT2D eigenvalue weighted by molar-refractivity contribution is 7.89. The van der Waals surface area contributed by atoms with Crippen LogP contribution >= 0.6 is 0 Å². The molecule has 1 aliphatic rings. The lowest BCUT2D eigenvalue weighted by atomic mass is 10.1. The van der Waals surface area contributed by atoms with Crippen LogP contribution in [0.3, 0.4) is 0 Å². The summed E-state index contributed by atoms with van der Waals surface area (Å²) in [6.45, 7) is 8.14. The maximum Gasteiger partial charge on any atom is 0.267 e. The molecule has 8 nitrogen and oxygen atoms in total. The van der Waals surface area contributed by atoms with Gasteiger partial charge in [-0.1, -0.05) is 6.07 Å². The second-order valence-corrected chi connectivity index (χ2v) is 9.71. The molecule has 2 aromatic rings. The van der Waals surface area contributed by atoms with E-state index in [4.69, 9.17) is 9.47 Å². The minimum Gasteiger partial charge on any atom is -0.490 e. The quantitative estimate of drug-likeness (QED) is 0.585. The molecule has 9 heteroatoms. The smallest absolute Gasteiger partial charge is 0.267 e. The van der Waals surface area contributed by atoms with Crippen LogP contribution in [0.4, 0.5) is 0 Å². The first-order valence-electron chi connectivity index (χ1n) is 11.1. The molecule has 0 bridgehead atoms. The molecule has 1 aliphatic heterocycles. The Labute approximate surface area is 190 Å². The second kappa shape index (κ2) is 10.4.